The lowest BCUT2D eigenvalue weighted by Crippen LogP contribution is -2.38. The predicted octanol–water partition coefficient (Wildman–Crippen LogP) is 1.27. The Kier molecular flexibility index (Phi) is 7.01. The summed E-state index contributed by atoms with van der Waals surface area (Å²) >= 11 is 0. The zero-order valence-electron chi connectivity index (χ0n) is 12.3. The summed E-state index contributed by atoms with van der Waals surface area (Å²) in [5.41, 5.74) is 0.296. The van der Waals surface area contributed by atoms with Crippen LogP contribution in [0.3, 0.4) is 0 Å². The van der Waals surface area contributed by atoms with Crippen molar-refractivity contribution in [2.75, 3.05) is 19.6 Å². The summed E-state index contributed by atoms with van der Waals surface area (Å²) < 4.78 is 12.7. The van der Waals surface area contributed by atoms with Crippen LogP contribution < -0.4 is 5.32 Å². The highest BCUT2D eigenvalue weighted by Gasteiger charge is 2.16. The van der Waals surface area contributed by atoms with Gasteiger partial charge in [0, 0.05) is 25.1 Å². The van der Waals surface area contributed by atoms with E-state index in [4.69, 9.17) is 5.11 Å². The summed E-state index contributed by atoms with van der Waals surface area (Å²) in [6.07, 6.45) is 0.668. The molecular weight excluding hydrogens is 291 g/mol. The van der Waals surface area contributed by atoms with Gasteiger partial charge in [-0.25, -0.2) is 4.39 Å². The minimum Gasteiger partial charge on any atom is -0.480 e. The molecule has 0 heterocycles. The molecule has 0 bridgehead atoms. The fourth-order valence-corrected chi connectivity index (χ4v) is 1.87. The van der Waals surface area contributed by atoms with Gasteiger partial charge in [-0.15, -0.1) is 0 Å². The van der Waals surface area contributed by atoms with E-state index in [-0.39, 0.29) is 25.4 Å². The van der Waals surface area contributed by atoms with E-state index in [2.05, 4.69) is 5.32 Å². The van der Waals surface area contributed by atoms with E-state index in [0.29, 0.717) is 18.5 Å². The summed E-state index contributed by atoms with van der Waals surface area (Å²) in [5.74, 6) is -2.25. The SMILES string of the molecule is CCCN(CC(=O)O)C(=O)CCNC(=O)c1ccc(F)cc1. The molecule has 0 spiro atoms. The van der Waals surface area contributed by atoms with Gasteiger partial charge in [0.15, 0.2) is 0 Å². The van der Waals surface area contributed by atoms with Crippen LogP contribution in [0.25, 0.3) is 0 Å². The second-order valence-corrected chi connectivity index (χ2v) is 4.72. The molecule has 6 nitrogen and oxygen atoms in total. The van der Waals surface area contributed by atoms with E-state index < -0.39 is 17.7 Å². The zero-order valence-corrected chi connectivity index (χ0v) is 12.3. The van der Waals surface area contributed by atoms with Gasteiger partial charge in [-0.05, 0) is 30.7 Å². The molecule has 1 aromatic rings. The van der Waals surface area contributed by atoms with E-state index in [9.17, 15) is 18.8 Å². The van der Waals surface area contributed by atoms with Crippen LogP contribution in [-0.4, -0.2) is 47.4 Å². The van der Waals surface area contributed by atoms with E-state index >= 15 is 0 Å². The number of carbonyl (C=O) groups excluding carboxylic acids is 2. The summed E-state index contributed by atoms with van der Waals surface area (Å²) in [6.45, 7) is 1.95. The van der Waals surface area contributed by atoms with Crippen molar-refractivity contribution in [3.8, 4) is 0 Å². The number of aliphatic carboxylic acids is 1. The molecule has 0 aliphatic carbocycles. The van der Waals surface area contributed by atoms with Gasteiger partial charge in [0.05, 0.1) is 0 Å². The molecule has 0 unspecified atom stereocenters. The second-order valence-electron chi connectivity index (χ2n) is 4.72. The molecule has 2 amide bonds. The molecule has 1 rings (SSSR count). The molecule has 22 heavy (non-hydrogen) atoms. The molecule has 0 saturated heterocycles. The number of benzene rings is 1. The maximum atomic E-state index is 12.7. The van der Waals surface area contributed by atoms with Crippen LogP contribution >= 0.6 is 0 Å². The highest BCUT2D eigenvalue weighted by atomic mass is 19.1. The van der Waals surface area contributed by atoms with Gasteiger partial charge in [-0.3, -0.25) is 14.4 Å². The number of rotatable bonds is 8. The van der Waals surface area contributed by atoms with E-state index in [1.807, 2.05) is 6.92 Å². The number of nitrogens with zero attached hydrogens (tertiary/aromatic N) is 1. The van der Waals surface area contributed by atoms with E-state index in [0.717, 1.165) is 0 Å². The third-order valence-electron chi connectivity index (χ3n) is 2.90. The van der Waals surface area contributed by atoms with Gasteiger partial charge >= 0.3 is 5.97 Å². The molecule has 0 radical (unpaired) electrons. The van der Waals surface area contributed by atoms with Gasteiger partial charge in [-0.2, -0.15) is 0 Å². The molecule has 0 aliphatic rings. The van der Waals surface area contributed by atoms with Crippen molar-refractivity contribution in [1.82, 2.24) is 10.2 Å². The Bertz CT molecular complexity index is 531. The zero-order chi connectivity index (χ0) is 16.5. The van der Waals surface area contributed by atoms with Crippen LogP contribution in [0.4, 0.5) is 4.39 Å². The van der Waals surface area contributed by atoms with Crippen molar-refractivity contribution in [3.63, 3.8) is 0 Å². The van der Waals surface area contributed by atoms with Crippen LogP contribution in [0.2, 0.25) is 0 Å². The van der Waals surface area contributed by atoms with Gasteiger partial charge < -0.3 is 15.3 Å². The summed E-state index contributed by atoms with van der Waals surface area (Å²) in [5, 5.41) is 11.3. The average Bonchev–Trinajstić information content (AvgIpc) is 2.46. The van der Waals surface area contributed by atoms with Crippen molar-refractivity contribution >= 4 is 17.8 Å². The number of carbonyl (C=O) groups is 3. The third kappa shape index (κ3) is 5.90. The van der Waals surface area contributed by atoms with Crippen LogP contribution in [0, 0.1) is 5.82 Å². The molecule has 120 valence electrons. The van der Waals surface area contributed by atoms with Crippen molar-refractivity contribution < 1.29 is 23.9 Å². The second kappa shape index (κ2) is 8.76. The molecule has 0 saturated carbocycles. The van der Waals surface area contributed by atoms with Crippen LogP contribution in [-0.2, 0) is 9.59 Å². The van der Waals surface area contributed by atoms with Crippen LogP contribution in [0.1, 0.15) is 30.1 Å². The fourth-order valence-electron chi connectivity index (χ4n) is 1.87. The van der Waals surface area contributed by atoms with Gasteiger partial charge in [0.25, 0.3) is 5.91 Å². The number of carboxylic acids is 1. The van der Waals surface area contributed by atoms with Crippen LogP contribution in [0.15, 0.2) is 24.3 Å². The monoisotopic (exact) mass is 310 g/mol. The highest BCUT2D eigenvalue weighted by Crippen LogP contribution is 2.02. The number of halogens is 1. The first kappa shape index (κ1) is 17.6. The average molecular weight is 310 g/mol. The molecular formula is C15H19FN2O4. The summed E-state index contributed by atoms with van der Waals surface area (Å²) in [6, 6.07) is 5.05. The Morgan fingerprint density at radius 1 is 1.23 bits per heavy atom. The third-order valence-corrected chi connectivity index (χ3v) is 2.90. The normalized spacial score (nSPS) is 10.1. The largest absolute Gasteiger partial charge is 0.480 e. The Balaban J connectivity index is 2.44. The Morgan fingerprint density at radius 3 is 2.41 bits per heavy atom. The first-order chi connectivity index (χ1) is 10.4. The van der Waals surface area contributed by atoms with Gasteiger partial charge in [0.1, 0.15) is 12.4 Å². The summed E-state index contributed by atoms with van der Waals surface area (Å²) in [4.78, 5) is 35.6. The Morgan fingerprint density at radius 2 is 1.86 bits per heavy atom. The lowest BCUT2D eigenvalue weighted by atomic mass is 10.2. The first-order valence-electron chi connectivity index (χ1n) is 6.97. The number of nitrogens with one attached hydrogen (secondary N) is 1. The molecule has 0 atom stereocenters. The summed E-state index contributed by atoms with van der Waals surface area (Å²) in [7, 11) is 0. The maximum Gasteiger partial charge on any atom is 0.323 e. The van der Waals surface area contributed by atoms with Crippen LogP contribution in [0.5, 0.6) is 0 Å². The van der Waals surface area contributed by atoms with Crippen molar-refractivity contribution in [1.29, 1.82) is 0 Å². The quantitative estimate of drug-likeness (QED) is 0.757. The van der Waals surface area contributed by atoms with E-state index in [1.165, 1.54) is 29.2 Å². The lowest BCUT2D eigenvalue weighted by Gasteiger charge is -2.19. The molecule has 2 N–H and O–H groups in total. The number of amides is 2. The first-order valence-corrected chi connectivity index (χ1v) is 6.97. The molecule has 1 aromatic carbocycles. The van der Waals surface area contributed by atoms with Gasteiger partial charge in [0.2, 0.25) is 5.91 Å². The Hall–Kier alpha value is -2.44. The lowest BCUT2D eigenvalue weighted by molar-refractivity contribution is -0.144. The van der Waals surface area contributed by atoms with Gasteiger partial charge in [-0.1, -0.05) is 6.92 Å². The molecule has 0 fully saturated rings. The number of hydrogen-bond donors (Lipinski definition) is 2. The smallest absolute Gasteiger partial charge is 0.323 e. The Labute approximate surface area is 127 Å². The maximum absolute atomic E-state index is 12.7. The number of carboxylic acid groups (broad SMARTS) is 1. The van der Waals surface area contributed by atoms with E-state index in [1.54, 1.807) is 0 Å². The molecule has 7 heteroatoms. The molecule has 0 aliphatic heterocycles. The minimum absolute atomic E-state index is 0.0141. The standard InChI is InChI=1S/C15H19FN2O4/c1-2-9-18(10-14(20)21)13(19)7-8-17-15(22)11-3-5-12(16)6-4-11/h3-6H,2,7-10H2,1H3,(H,17,22)(H,20,21). The van der Waals surface area contributed by atoms with Crippen molar-refractivity contribution in [3.05, 3.63) is 35.6 Å². The molecule has 0 aromatic heterocycles. The predicted molar refractivity (Wildman–Crippen MR) is 77.9 cm³/mol. The fraction of sp³-hybridized carbons (Fsp3) is 0.400. The highest BCUT2D eigenvalue weighted by molar-refractivity contribution is 5.94. The van der Waals surface area contributed by atoms with Crippen molar-refractivity contribution in [2.24, 2.45) is 0 Å². The minimum atomic E-state index is -1.07. The number of hydrogen-bond acceptors (Lipinski definition) is 3. The topological polar surface area (TPSA) is 86.7 Å². The van der Waals surface area contributed by atoms with Crippen molar-refractivity contribution in [2.45, 2.75) is 19.8 Å².